The summed E-state index contributed by atoms with van der Waals surface area (Å²) in [6, 6.07) is 4.29. The standard InChI is InChI=1S/C15H21BrN2O3/c1-3-4-5-6-10(2)17-15(21)18-13-8-7-11(14(19)20)9-12(13)16/h7-10H,3-6H2,1-2H3,(H,19,20)(H2,17,18,21). The van der Waals surface area contributed by atoms with Gasteiger partial charge >= 0.3 is 12.0 Å². The zero-order valence-corrected chi connectivity index (χ0v) is 13.9. The molecule has 5 nitrogen and oxygen atoms in total. The van der Waals surface area contributed by atoms with Gasteiger partial charge in [-0.15, -0.1) is 0 Å². The van der Waals surface area contributed by atoms with Crippen molar-refractivity contribution in [1.82, 2.24) is 5.32 Å². The first-order valence-electron chi connectivity index (χ1n) is 7.04. The summed E-state index contributed by atoms with van der Waals surface area (Å²) in [4.78, 5) is 22.7. The van der Waals surface area contributed by atoms with Crippen LogP contribution in [-0.2, 0) is 0 Å². The molecule has 0 radical (unpaired) electrons. The molecule has 3 N–H and O–H groups in total. The molecule has 1 rings (SSSR count). The molecule has 0 aromatic heterocycles. The van der Waals surface area contributed by atoms with Crippen molar-refractivity contribution in [2.24, 2.45) is 0 Å². The Kier molecular flexibility index (Phi) is 7.22. The van der Waals surface area contributed by atoms with Crippen molar-refractivity contribution in [1.29, 1.82) is 0 Å². The van der Waals surface area contributed by atoms with E-state index in [4.69, 9.17) is 5.11 Å². The first kappa shape index (κ1) is 17.5. The molecule has 6 heteroatoms. The van der Waals surface area contributed by atoms with Crippen molar-refractivity contribution in [3.8, 4) is 0 Å². The van der Waals surface area contributed by atoms with Crippen LogP contribution in [0.2, 0.25) is 0 Å². The quantitative estimate of drug-likeness (QED) is 0.639. The Hall–Kier alpha value is -1.56. The minimum absolute atomic E-state index is 0.105. The van der Waals surface area contributed by atoms with Gasteiger partial charge in [-0.25, -0.2) is 9.59 Å². The van der Waals surface area contributed by atoms with Gasteiger partial charge in [0, 0.05) is 10.5 Å². The van der Waals surface area contributed by atoms with E-state index in [2.05, 4.69) is 33.5 Å². The zero-order chi connectivity index (χ0) is 15.8. The summed E-state index contributed by atoms with van der Waals surface area (Å²) in [5.74, 6) is -1.00. The maximum absolute atomic E-state index is 11.9. The van der Waals surface area contributed by atoms with Crippen LogP contribution in [0.3, 0.4) is 0 Å². The molecule has 1 unspecified atom stereocenters. The minimum atomic E-state index is -1.00. The van der Waals surface area contributed by atoms with Gasteiger partial charge in [-0.05, 0) is 47.5 Å². The van der Waals surface area contributed by atoms with Gasteiger partial charge in [0.15, 0.2) is 0 Å². The first-order valence-corrected chi connectivity index (χ1v) is 7.83. The third-order valence-corrected chi connectivity index (χ3v) is 3.74. The second-order valence-electron chi connectivity index (χ2n) is 5.00. The number of carboxylic acids is 1. The number of rotatable bonds is 7. The van der Waals surface area contributed by atoms with Crippen LogP contribution in [0.5, 0.6) is 0 Å². The summed E-state index contributed by atoms with van der Waals surface area (Å²) in [5, 5.41) is 14.5. The summed E-state index contributed by atoms with van der Waals surface area (Å²) >= 11 is 3.26. The van der Waals surface area contributed by atoms with E-state index in [9.17, 15) is 9.59 Å². The van der Waals surface area contributed by atoms with Gasteiger partial charge in [0.05, 0.1) is 11.3 Å². The zero-order valence-electron chi connectivity index (χ0n) is 12.3. The fourth-order valence-electron chi connectivity index (χ4n) is 1.90. The molecule has 116 valence electrons. The van der Waals surface area contributed by atoms with Crippen molar-refractivity contribution >= 4 is 33.6 Å². The fourth-order valence-corrected chi connectivity index (χ4v) is 2.38. The highest BCUT2D eigenvalue weighted by molar-refractivity contribution is 9.10. The molecular formula is C15H21BrN2O3. The molecule has 0 spiro atoms. The molecule has 0 fully saturated rings. The number of carboxylic acid groups (broad SMARTS) is 1. The number of hydrogen-bond acceptors (Lipinski definition) is 2. The van der Waals surface area contributed by atoms with E-state index < -0.39 is 5.97 Å². The summed E-state index contributed by atoms with van der Waals surface area (Å²) in [5.41, 5.74) is 0.707. The molecule has 1 aromatic rings. The van der Waals surface area contributed by atoms with Crippen LogP contribution in [0.25, 0.3) is 0 Å². The Labute approximate surface area is 133 Å². The Balaban J connectivity index is 2.53. The molecule has 1 aromatic carbocycles. The fraction of sp³-hybridized carbons (Fsp3) is 0.467. The van der Waals surface area contributed by atoms with Crippen LogP contribution >= 0.6 is 15.9 Å². The second-order valence-corrected chi connectivity index (χ2v) is 5.85. The highest BCUT2D eigenvalue weighted by Gasteiger charge is 2.11. The topological polar surface area (TPSA) is 78.4 Å². The Bertz CT molecular complexity index is 506. The minimum Gasteiger partial charge on any atom is -0.478 e. The van der Waals surface area contributed by atoms with Gasteiger partial charge in [0.1, 0.15) is 0 Å². The summed E-state index contributed by atoms with van der Waals surface area (Å²) in [6.45, 7) is 4.11. The number of carbonyl (C=O) groups excluding carboxylic acids is 1. The Morgan fingerprint density at radius 2 is 2.05 bits per heavy atom. The normalized spacial score (nSPS) is 11.8. The molecule has 2 amide bonds. The predicted octanol–water partition coefficient (Wildman–Crippen LogP) is 4.24. The third kappa shape index (κ3) is 6.16. The lowest BCUT2D eigenvalue weighted by Crippen LogP contribution is -2.36. The highest BCUT2D eigenvalue weighted by Crippen LogP contribution is 2.23. The smallest absolute Gasteiger partial charge is 0.335 e. The van der Waals surface area contributed by atoms with Crippen LogP contribution in [0.1, 0.15) is 49.9 Å². The number of amides is 2. The van der Waals surface area contributed by atoms with Gasteiger partial charge in [-0.1, -0.05) is 26.2 Å². The van der Waals surface area contributed by atoms with Crippen LogP contribution in [-0.4, -0.2) is 23.1 Å². The van der Waals surface area contributed by atoms with E-state index in [1.807, 2.05) is 6.92 Å². The van der Waals surface area contributed by atoms with Crippen molar-refractivity contribution in [2.45, 2.75) is 45.6 Å². The SMILES string of the molecule is CCCCCC(C)NC(=O)Nc1ccc(C(=O)O)cc1Br. The molecule has 0 bridgehead atoms. The van der Waals surface area contributed by atoms with Gasteiger partial charge < -0.3 is 15.7 Å². The molecule has 0 heterocycles. The van der Waals surface area contributed by atoms with Crippen molar-refractivity contribution in [2.75, 3.05) is 5.32 Å². The molecule has 21 heavy (non-hydrogen) atoms. The number of aromatic carboxylic acids is 1. The lowest BCUT2D eigenvalue weighted by atomic mass is 10.1. The lowest BCUT2D eigenvalue weighted by Gasteiger charge is -2.15. The molecule has 1 atom stereocenters. The summed E-state index contributed by atoms with van der Waals surface area (Å²) in [6.07, 6.45) is 4.35. The average molecular weight is 357 g/mol. The second kappa shape index (κ2) is 8.67. The molecular weight excluding hydrogens is 336 g/mol. The number of hydrogen-bond donors (Lipinski definition) is 3. The maximum atomic E-state index is 11.9. The van der Waals surface area contributed by atoms with Crippen molar-refractivity contribution in [3.63, 3.8) is 0 Å². The molecule has 0 aliphatic rings. The Morgan fingerprint density at radius 3 is 2.62 bits per heavy atom. The van der Waals surface area contributed by atoms with Crippen LogP contribution < -0.4 is 10.6 Å². The van der Waals surface area contributed by atoms with Gasteiger partial charge in [0.2, 0.25) is 0 Å². The number of nitrogens with one attached hydrogen (secondary N) is 2. The van der Waals surface area contributed by atoms with Crippen molar-refractivity contribution < 1.29 is 14.7 Å². The Morgan fingerprint density at radius 1 is 1.33 bits per heavy atom. The average Bonchev–Trinajstić information content (AvgIpc) is 2.41. The number of carbonyl (C=O) groups is 2. The molecule has 0 saturated carbocycles. The predicted molar refractivity (Wildman–Crippen MR) is 86.9 cm³/mol. The van der Waals surface area contributed by atoms with Gasteiger partial charge in [-0.3, -0.25) is 0 Å². The van der Waals surface area contributed by atoms with E-state index in [1.165, 1.54) is 12.1 Å². The lowest BCUT2D eigenvalue weighted by molar-refractivity contribution is 0.0697. The van der Waals surface area contributed by atoms with Crippen molar-refractivity contribution in [3.05, 3.63) is 28.2 Å². The number of halogens is 1. The number of urea groups is 1. The van der Waals surface area contributed by atoms with Crippen LogP contribution in [0.15, 0.2) is 22.7 Å². The van der Waals surface area contributed by atoms with Gasteiger partial charge in [0.25, 0.3) is 0 Å². The molecule has 0 aliphatic carbocycles. The van der Waals surface area contributed by atoms with E-state index in [0.29, 0.717) is 10.2 Å². The van der Waals surface area contributed by atoms with E-state index in [1.54, 1.807) is 6.07 Å². The summed E-state index contributed by atoms with van der Waals surface area (Å²) in [7, 11) is 0. The van der Waals surface area contributed by atoms with E-state index in [-0.39, 0.29) is 17.6 Å². The van der Waals surface area contributed by atoms with Gasteiger partial charge in [-0.2, -0.15) is 0 Å². The summed E-state index contributed by atoms with van der Waals surface area (Å²) < 4.78 is 0.538. The largest absolute Gasteiger partial charge is 0.478 e. The molecule has 0 aliphatic heterocycles. The highest BCUT2D eigenvalue weighted by atomic mass is 79.9. The first-order chi connectivity index (χ1) is 9.93. The maximum Gasteiger partial charge on any atom is 0.335 e. The van der Waals surface area contributed by atoms with E-state index >= 15 is 0 Å². The van der Waals surface area contributed by atoms with Crippen LogP contribution in [0.4, 0.5) is 10.5 Å². The third-order valence-electron chi connectivity index (χ3n) is 3.08. The van der Waals surface area contributed by atoms with E-state index in [0.717, 1.165) is 25.7 Å². The number of anilines is 1. The number of benzene rings is 1. The monoisotopic (exact) mass is 356 g/mol. The van der Waals surface area contributed by atoms with Crippen LogP contribution in [0, 0.1) is 0 Å². The molecule has 0 saturated heterocycles. The number of unbranched alkanes of at least 4 members (excludes halogenated alkanes) is 2.